The van der Waals surface area contributed by atoms with Gasteiger partial charge < -0.3 is 5.32 Å². The average Bonchev–Trinajstić information content (AvgIpc) is 2.45. The molecule has 0 aliphatic heterocycles. The number of carbonyl (C=O) groups excluding carboxylic acids is 2. The van der Waals surface area contributed by atoms with Crippen LogP contribution in [0, 0.1) is 13.8 Å². The highest BCUT2D eigenvalue weighted by molar-refractivity contribution is 6.00. The molecule has 20 heavy (non-hydrogen) atoms. The highest BCUT2D eigenvalue weighted by atomic mass is 16.2. The maximum absolute atomic E-state index is 12.5. The van der Waals surface area contributed by atoms with Crippen molar-refractivity contribution in [2.24, 2.45) is 0 Å². The van der Waals surface area contributed by atoms with E-state index in [4.69, 9.17) is 0 Å². The summed E-state index contributed by atoms with van der Waals surface area (Å²) in [5, 5.41) is 2.59. The van der Waals surface area contributed by atoms with Crippen LogP contribution >= 0.6 is 0 Å². The Labute approximate surface area is 121 Å². The largest absolute Gasteiger partial charge is 0.358 e. The maximum Gasteiger partial charge on any atom is 0.233 e. The molecule has 0 saturated heterocycles. The molecule has 0 fully saturated rings. The molecule has 0 spiro atoms. The fourth-order valence-corrected chi connectivity index (χ4v) is 2.09. The number of hydrogen-bond donors (Lipinski definition) is 1. The summed E-state index contributed by atoms with van der Waals surface area (Å²) in [5.41, 5.74) is 2.99. The van der Waals surface area contributed by atoms with Crippen molar-refractivity contribution >= 4 is 11.7 Å². The third kappa shape index (κ3) is 3.90. The number of benzene rings is 1. The summed E-state index contributed by atoms with van der Waals surface area (Å²) in [5.74, 6) is -0.0227. The predicted octanol–water partition coefficient (Wildman–Crippen LogP) is 1.94. The molecule has 1 N–H and O–H groups in total. The molecule has 0 aliphatic carbocycles. The molecule has 1 rings (SSSR count). The minimum atomic E-state index is -0.306. The molecule has 0 aliphatic rings. The van der Waals surface area contributed by atoms with Crippen molar-refractivity contribution in [1.29, 1.82) is 0 Å². The first-order valence-electron chi connectivity index (χ1n) is 6.96. The second-order valence-corrected chi connectivity index (χ2v) is 5.08. The zero-order valence-electron chi connectivity index (χ0n) is 13.0. The molecular weight excluding hydrogens is 252 g/mol. The van der Waals surface area contributed by atoms with Crippen LogP contribution in [-0.2, 0) is 4.79 Å². The molecule has 0 aromatic heterocycles. The van der Waals surface area contributed by atoms with E-state index in [9.17, 15) is 9.59 Å². The Hall–Kier alpha value is -1.68. The summed E-state index contributed by atoms with van der Waals surface area (Å²) in [6, 6.07) is 5.43. The van der Waals surface area contributed by atoms with Crippen LogP contribution in [0.25, 0.3) is 0 Å². The molecule has 1 amide bonds. The highest BCUT2D eigenvalue weighted by Crippen LogP contribution is 2.14. The van der Waals surface area contributed by atoms with Gasteiger partial charge in [0.1, 0.15) is 0 Å². The number of carbonyl (C=O) groups is 2. The molecular formula is C16H24N2O2. The normalized spacial score (nSPS) is 12.3. The van der Waals surface area contributed by atoms with Crippen molar-refractivity contribution in [3.63, 3.8) is 0 Å². The lowest BCUT2D eigenvalue weighted by Crippen LogP contribution is -2.44. The van der Waals surface area contributed by atoms with E-state index < -0.39 is 0 Å². The van der Waals surface area contributed by atoms with Crippen molar-refractivity contribution in [2.45, 2.75) is 33.7 Å². The fourth-order valence-electron chi connectivity index (χ4n) is 2.09. The van der Waals surface area contributed by atoms with Crippen molar-refractivity contribution in [2.75, 3.05) is 20.1 Å². The third-order valence-corrected chi connectivity index (χ3v) is 3.75. The van der Waals surface area contributed by atoms with Gasteiger partial charge in [-0.1, -0.05) is 19.1 Å². The van der Waals surface area contributed by atoms with Crippen LogP contribution < -0.4 is 5.32 Å². The number of likely N-dealkylation sites (N-methyl/N-ethyl adjacent to an activating group) is 2. The second kappa shape index (κ2) is 7.20. The van der Waals surface area contributed by atoms with E-state index in [1.54, 1.807) is 7.05 Å². The van der Waals surface area contributed by atoms with E-state index in [-0.39, 0.29) is 24.3 Å². The van der Waals surface area contributed by atoms with Gasteiger partial charge in [0.05, 0.1) is 12.6 Å². The van der Waals surface area contributed by atoms with E-state index in [0.29, 0.717) is 12.1 Å². The van der Waals surface area contributed by atoms with Gasteiger partial charge in [0.15, 0.2) is 5.78 Å². The van der Waals surface area contributed by atoms with E-state index in [1.165, 1.54) is 5.56 Å². The smallest absolute Gasteiger partial charge is 0.233 e. The lowest BCUT2D eigenvalue weighted by Gasteiger charge is -2.26. The second-order valence-electron chi connectivity index (χ2n) is 5.08. The van der Waals surface area contributed by atoms with Gasteiger partial charge in [-0.25, -0.2) is 0 Å². The zero-order valence-corrected chi connectivity index (χ0v) is 13.0. The molecule has 0 saturated carbocycles. The van der Waals surface area contributed by atoms with E-state index in [0.717, 1.165) is 5.56 Å². The number of amides is 1. The van der Waals surface area contributed by atoms with E-state index in [2.05, 4.69) is 5.32 Å². The zero-order chi connectivity index (χ0) is 15.3. The van der Waals surface area contributed by atoms with E-state index >= 15 is 0 Å². The molecule has 0 heterocycles. The lowest BCUT2D eigenvalue weighted by atomic mass is 9.99. The highest BCUT2D eigenvalue weighted by Gasteiger charge is 2.23. The van der Waals surface area contributed by atoms with Crippen LogP contribution in [0.4, 0.5) is 0 Å². The Bertz CT molecular complexity index is 497. The number of nitrogens with zero attached hydrogens (tertiary/aromatic N) is 1. The number of ketones is 1. The SMILES string of the molecule is CCN(CC(=O)NC)C(C)C(=O)c1ccc(C)c(C)c1. The average molecular weight is 276 g/mol. The first kappa shape index (κ1) is 16.4. The monoisotopic (exact) mass is 276 g/mol. The summed E-state index contributed by atoms with van der Waals surface area (Å²) >= 11 is 0. The van der Waals surface area contributed by atoms with Crippen molar-refractivity contribution < 1.29 is 9.59 Å². The summed E-state index contributed by atoms with van der Waals surface area (Å²) in [7, 11) is 1.60. The molecule has 1 aromatic rings. The molecule has 110 valence electrons. The van der Waals surface area contributed by atoms with Gasteiger partial charge in [-0.05, 0) is 44.5 Å². The van der Waals surface area contributed by atoms with Crippen LogP contribution in [0.3, 0.4) is 0 Å². The summed E-state index contributed by atoms with van der Waals surface area (Å²) in [4.78, 5) is 25.9. The number of nitrogens with one attached hydrogen (secondary N) is 1. The first-order valence-corrected chi connectivity index (χ1v) is 6.96. The Morgan fingerprint density at radius 3 is 2.40 bits per heavy atom. The Morgan fingerprint density at radius 1 is 1.25 bits per heavy atom. The predicted molar refractivity (Wildman–Crippen MR) is 81.0 cm³/mol. The van der Waals surface area contributed by atoms with Gasteiger partial charge in [0.2, 0.25) is 5.91 Å². The van der Waals surface area contributed by atoms with Gasteiger partial charge in [-0.2, -0.15) is 0 Å². The number of hydrogen-bond acceptors (Lipinski definition) is 3. The topological polar surface area (TPSA) is 49.4 Å². The minimum absolute atomic E-state index is 0.0545. The van der Waals surface area contributed by atoms with Gasteiger partial charge in [-0.3, -0.25) is 14.5 Å². The number of aryl methyl sites for hydroxylation is 2. The summed E-state index contributed by atoms with van der Waals surface area (Å²) in [6.07, 6.45) is 0. The minimum Gasteiger partial charge on any atom is -0.358 e. The first-order chi connectivity index (χ1) is 9.40. The maximum atomic E-state index is 12.5. The standard InChI is InChI=1S/C16H24N2O2/c1-6-18(10-15(19)17-5)13(4)16(20)14-8-7-11(2)12(3)9-14/h7-9,13H,6,10H2,1-5H3,(H,17,19). The van der Waals surface area contributed by atoms with Crippen molar-refractivity contribution in [3.05, 3.63) is 34.9 Å². The molecule has 1 aromatic carbocycles. The van der Waals surface area contributed by atoms with Crippen molar-refractivity contribution in [3.8, 4) is 0 Å². The van der Waals surface area contributed by atoms with Gasteiger partial charge in [0, 0.05) is 12.6 Å². The molecule has 1 unspecified atom stereocenters. The van der Waals surface area contributed by atoms with Crippen molar-refractivity contribution in [1.82, 2.24) is 10.2 Å². The summed E-state index contributed by atoms with van der Waals surface area (Å²) < 4.78 is 0. The molecule has 0 bridgehead atoms. The molecule has 4 nitrogen and oxygen atoms in total. The Balaban J connectivity index is 2.88. The lowest BCUT2D eigenvalue weighted by molar-refractivity contribution is -0.121. The van der Waals surface area contributed by atoms with Crippen LogP contribution in [0.2, 0.25) is 0 Å². The number of rotatable bonds is 6. The molecule has 4 heteroatoms. The molecule has 0 radical (unpaired) electrons. The van der Waals surface area contributed by atoms with Crippen LogP contribution in [0.5, 0.6) is 0 Å². The third-order valence-electron chi connectivity index (χ3n) is 3.75. The van der Waals surface area contributed by atoms with Gasteiger partial charge in [0.25, 0.3) is 0 Å². The van der Waals surface area contributed by atoms with Gasteiger partial charge in [-0.15, -0.1) is 0 Å². The fraction of sp³-hybridized carbons (Fsp3) is 0.500. The Kier molecular flexibility index (Phi) is 5.89. The van der Waals surface area contributed by atoms with Crippen LogP contribution in [0.15, 0.2) is 18.2 Å². The van der Waals surface area contributed by atoms with Crippen LogP contribution in [0.1, 0.15) is 35.3 Å². The summed E-state index contributed by atoms with van der Waals surface area (Å²) in [6.45, 7) is 8.73. The quantitative estimate of drug-likeness (QED) is 0.808. The Morgan fingerprint density at radius 2 is 1.90 bits per heavy atom. The molecule has 1 atom stereocenters. The van der Waals surface area contributed by atoms with Gasteiger partial charge >= 0.3 is 0 Å². The number of Topliss-reactive ketones (excluding diaryl/α,β-unsaturated/α-hetero) is 1. The van der Waals surface area contributed by atoms with Crippen LogP contribution in [-0.4, -0.2) is 42.8 Å². The van der Waals surface area contributed by atoms with E-state index in [1.807, 2.05) is 50.8 Å².